The number of carbonyl (C=O) groups is 2. The summed E-state index contributed by atoms with van der Waals surface area (Å²) in [6, 6.07) is 0.0850. The zero-order valence-corrected chi connectivity index (χ0v) is 11.5. The van der Waals surface area contributed by atoms with Crippen LogP contribution in [0.3, 0.4) is 0 Å². The molecular formula is C13H24N2O3. The van der Waals surface area contributed by atoms with Crippen molar-refractivity contribution < 1.29 is 14.3 Å². The van der Waals surface area contributed by atoms with E-state index in [9.17, 15) is 9.59 Å². The summed E-state index contributed by atoms with van der Waals surface area (Å²) in [6.07, 6.45) is 5.66. The maximum Gasteiger partial charge on any atom is 0.319 e. The van der Waals surface area contributed by atoms with Crippen molar-refractivity contribution in [3.8, 4) is 0 Å². The van der Waals surface area contributed by atoms with Crippen molar-refractivity contribution in [1.29, 1.82) is 0 Å². The fourth-order valence-corrected chi connectivity index (χ4v) is 2.16. The highest BCUT2D eigenvalue weighted by molar-refractivity contribution is 5.74. The summed E-state index contributed by atoms with van der Waals surface area (Å²) in [6.45, 7) is 2.32. The van der Waals surface area contributed by atoms with Crippen LogP contribution < -0.4 is 0 Å². The van der Waals surface area contributed by atoms with Gasteiger partial charge in [0.25, 0.3) is 0 Å². The zero-order chi connectivity index (χ0) is 13.4. The highest BCUT2D eigenvalue weighted by Gasteiger charge is 2.18. The summed E-state index contributed by atoms with van der Waals surface area (Å²) >= 11 is 0. The van der Waals surface area contributed by atoms with Crippen LogP contribution in [0.1, 0.15) is 38.5 Å². The van der Waals surface area contributed by atoms with Crippen molar-refractivity contribution in [1.82, 2.24) is 9.80 Å². The van der Waals surface area contributed by atoms with Crippen LogP contribution in [0.5, 0.6) is 0 Å². The SMILES string of the molecule is COC(=O)CCCN(C)C(=O)N1CCCCCC1. The van der Waals surface area contributed by atoms with E-state index in [-0.39, 0.29) is 12.0 Å². The maximum absolute atomic E-state index is 12.1. The molecule has 0 N–H and O–H groups in total. The normalized spacial score (nSPS) is 16.0. The van der Waals surface area contributed by atoms with E-state index in [1.807, 2.05) is 4.90 Å². The summed E-state index contributed by atoms with van der Waals surface area (Å²) in [5.41, 5.74) is 0. The van der Waals surface area contributed by atoms with Gasteiger partial charge in [-0.3, -0.25) is 4.79 Å². The molecule has 1 saturated heterocycles. The van der Waals surface area contributed by atoms with Gasteiger partial charge in [0.15, 0.2) is 0 Å². The molecule has 0 aromatic heterocycles. The van der Waals surface area contributed by atoms with Crippen molar-refractivity contribution in [3.05, 3.63) is 0 Å². The Labute approximate surface area is 109 Å². The van der Waals surface area contributed by atoms with Crippen molar-refractivity contribution in [2.24, 2.45) is 0 Å². The summed E-state index contributed by atoms with van der Waals surface area (Å²) in [4.78, 5) is 26.7. The molecule has 2 amide bonds. The molecule has 1 heterocycles. The van der Waals surface area contributed by atoms with Crippen molar-refractivity contribution in [2.45, 2.75) is 38.5 Å². The molecule has 1 fully saturated rings. The second-order valence-corrected chi connectivity index (χ2v) is 4.79. The van der Waals surface area contributed by atoms with Gasteiger partial charge in [-0.2, -0.15) is 0 Å². The van der Waals surface area contributed by atoms with Crippen LogP contribution >= 0.6 is 0 Å². The number of hydrogen-bond donors (Lipinski definition) is 0. The van der Waals surface area contributed by atoms with E-state index in [4.69, 9.17) is 0 Å². The van der Waals surface area contributed by atoms with Gasteiger partial charge in [-0.05, 0) is 19.3 Å². The number of nitrogens with zero attached hydrogens (tertiary/aromatic N) is 2. The fourth-order valence-electron chi connectivity index (χ4n) is 2.16. The van der Waals surface area contributed by atoms with Crippen LogP contribution in [0.25, 0.3) is 0 Å². The average molecular weight is 256 g/mol. The Kier molecular flexibility index (Phi) is 6.54. The molecule has 1 rings (SSSR count). The number of carbonyl (C=O) groups excluding carboxylic acids is 2. The van der Waals surface area contributed by atoms with Crippen LogP contribution in [0, 0.1) is 0 Å². The molecule has 1 aliphatic heterocycles. The highest BCUT2D eigenvalue weighted by Crippen LogP contribution is 2.11. The van der Waals surface area contributed by atoms with Gasteiger partial charge in [0.05, 0.1) is 7.11 Å². The lowest BCUT2D eigenvalue weighted by atomic mass is 10.2. The molecule has 0 aliphatic carbocycles. The number of ether oxygens (including phenoxy) is 1. The largest absolute Gasteiger partial charge is 0.469 e. The first-order valence-electron chi connectivity index (χ1n) is 6.72. The van der Waals surface area contributed by atoms with E-state index in [0.29, 0.717) is 19.4 Å². The van der Waals surface area contributed by atoms with Crippen LogP contribution in [0.15, 0.2) is 0 Å². The first-order valence-corrected chi connectivity index (χ1v) is 6.72. The van der Waals surface area contributed by atoms with Crippen molar-refractivity contribution in [3.63, 3.8) is 0 Å². The van der Waals surface area contributed by atoms with E-state index in [2.05, 4.69) is 4.74 Å². The van der Waals surface area contributed by atoms with Gasteiger partial charge in [-0.1, -0.05) is 12.8 Å². The number of methoxy groups -OCH3 is 1. The predicted octanol–water partition coefficient (Wildman–Crippen LogP) is 1.87. The third-order valence-corrected chi connectivity index (χ3v) is 3.31. The molecule has 18 heavy (non-hydrogen) atoms. The van der Waals surface area contributed by atoms with E-state index in [1.54, 1.807) is 11.9 Å². The second-order valence-electron chi connectivity index (χ2n) is 4.79. The van der Waals surface area contributed by atoms with Crippen LogP contribution in [-0.4, -0.2) is 55.6 Å². The Morgan fingerprint density at radius 3 is 2.33 bits per heavy atom. The lowest BCUT2D eigenvalue weighted by Gasteiger charge is -2.27. The Bertz CT molecular complexity index is 273. The lowest BCUT2D eigenvalue weighted by Crippen LogP contribution is -2.42. The monoisotopic (exact) mass is 256 g/mol. The number of rotatable bonds is 4. The van der Waals surface area contributed by atoms with E-state index in [0.717, 1.165) is 25.9 Å². The first kappa shape index (κ1) is 14.8. The van der Waals surface area contributed by atoms with Crippen LogP contribution in [0.4, 0.5) is 4.79 Å². The molecule has 0 aromatic carbocycles. The summed E-state index contributed by atoms with van der Waals surface area (Å²) < 4.78 is 4.57. The number of esters is 1. The molecule has 0 radical (unpaired) electrons. The molecule has 5 heteroatoms. The van der Waals surface area contributed by atoms with Gasteiger partial charge in [0.2, 0.25) is 0 Å². The molecule has 0 saturated carbocycles. The highest BCUT2D eigenvalue weighted by atomic mass is 16.5. The molecule has 0 unspecified atom stereocenters. The minimum absolute atomic E-state index is 0.0850. The number of urea groups is 1. The lowest BCUT2D eigenvalue weighted by molar-refractivity contribution is -0.140. The summed E-state index contributed by atoms with van der Waals surface area (Å²) in [5.74, 6) is -0.217. The van der Waals surface area contributed by atoms with Crippen molar-refractivity contribution in [2.75, 3.05) is 33.8 Å². The smallest absolute Gasteiger partial charge is 0.319 e. The molecule has 5 nitrogen and oxygen atoms in total. The van der Waals surface area contributed by atoms with Gasteiger partial charge >= 0.3 is 12.0 Å². The Hall–Kier alpha value is -1.26. The van der Waals surface area contributed by atoms with Gasteiger partial charge in [0.1, 0.15) is 0 Å². The standard InChI is InChI=1S/C13H24N2O3/c1-14(9-7-8-12(16)18-2)13(17)15-10-5-3-4-6-11-15/h3-11H2,1-2H3. The minimum Gasteiger partial charge on any atom is -0.469 e. The van der Waals surface area contributed by atoms with Crippen LogP contribution in [-0.2, 0) is 9.53 Å². The number of hydrogen-bond acceptors (Lipinski definition) is 3. The summed E-state index contributed by atoms with van der Waals surface area (Å²) in [7, 11) is 3.18. The Balaban J connectivity index is 2.28. The second kappa shape index (κ2) is 7.95. The van der Waals surface area contributed by atoms with E-state index in [1.165, 1.54) is 20.0 Å². The number of amides is 2. The summed E-state index contributed by atoms with van der Waals surface area (Å²) in [5, 5.41) is 0. The molecule has 104 valence electrons. The minimum atomic E-state index is -0.217. The Morgan fingerprint density at radius 2 is 1.78 bits per heavy atom. The first-order chi connectivity index (χ1) is 8.65. The molecule has 0 aromatic rings. The average Bonchev–Trinajstić information content (AvgIpc) is 2.66. The fraction of sp³-hybridized carbons (Fsp3) is 0.846. The van der Waals surface area contributed by atoms with Gasteiger partial charge in [-0.25, -0.2) is 4.79 Å². The molecule has 0 bridgehead atoms. The molecule has 0 spiro atoms. The van der Waals surface area contributed by atoms with Gasteiger partial charge in [0, 0.05) is 33.1 Å². The van der Waals surface area contributed by atoms with Crippen LogP contribution in [0.2, 0.25) is 0 Å². The Morgan fingerprint density at radius 1 is 1.17 bits per heavy atom. The quantitative estimate of drug-likeness (QED) is 0.721. The van der Waals surface area contributed by atoms with E-state index >= 15 is 0 Å². The third kappa shape index (κ3) is 4.94. The molecular weight excluding hydrogens is 232 g/mol. The molecule has 0 atom stereocenters. The number of likely N-dealkylation sites (tertiary alicyclic amines) is 1. The topological polar surface area (TPSA) is 49.9 Å². The van der Waals surface area contributed by atoms with Gasteiger partial charge < -0.3 is 14.5 Å². The third-order valence-electron chi connectivity index (χ3n) is 3.31. The van der Waals surface area contributed by atoms with E-state index < -0.39 is 0 Å². The predicted molar refractivity (Wildman–Crippen MR) is 69.3 cm³/mol. The molecule has 1 aliphatic rings. The zero-order valence-electron chi connectivity index (χ0n) is 11.5. The van der Waals surface area contributed by atoms with Crippen molar-refractivity contribution >= 4 is 12.0 Å². The maximum atomic E-state index is 12.1. The van der Waals surface area contributed by atoms with Gasteiger partial charge in [-0.15, -0.1) is 0 Å².